The molecule has 198 valence electrons. The van der Waals surface area contributed by atoms with Gasteiger partial charge in [-0.3, -0.25) is 4.98 Å². The van der Waals surface area contributed by atoms with E-state index in [0.29, 0.717) is 30.2 Å². The number of nitrogens with two attached hydrogens (primary N) is 1. The lowest BCUT2D eigenvalue weighted by Crippen LogP contribution is -2.46. The molecule has 3 aromatic heterocycles. The van der Waals surface area contributed by atoms with E-state index < -0.39 is 17.2 Å². The minimum Gasteiger partial charge on any atom is -0.385 e. The zero-order chi connectivity index (χ0) is 26.4. The van der Waals surface area contributed by atoms with Crippen molar-refractivity contribution >= 4 is 22.8 Å². The fourth-order valence-electron chi connectivity index (χ4n) is 5.91. The molecule has 0 unspecified atom stereocenters. The van der Waals surface area contributed by atoms with E-state index in [4.69, 9.17) is 5.73 Å². The van der Waals surface area contributed by atoms with E-state index in [1.807, 2.05) is 6.07 Å². The van der Waals surface area contributed by atoms with E-state index in [1.165, 1.54) is 16.6 Å². The van der Waals surface area contributed by atoms with Gasteiger partial charge in [-0.05, 0) is 61.1 Å². The van der Waals surface area contributed by atoms with Crippen LogP contribution in [0, 0.1) is 17.6 Å². The van der Waals surface area contributed by atoms with Gasteiger partial charge in [-0.1, -0.05) is 19.8 Å². The monoisotopic (exact) mass is 519 g/mol. The standard InChI is InChI=1S/C28H31F2N7O/c1-17-10-19(31)16-36(15-17)25-6-9-32-14-24(25)34-27-33-13-20-4-5-23(35-37(20)27)26-21(29)11-18(12-22(26)30)28(38)7-2-3-8-28/h4-6,9,11-14,17,19,38H,2-3,7-8,10,15-16,31H2,1H3,(H,33,34)/t17-,19+/m1/s1. The second-order valence-corrected chi connectivity index (χ2v) is 10.7. The van der Waals surface area contributed by atoms with Gasteiger partial charge < -0.3 is 21.1 Å². The molecule has 1 saturated heterocycles. The van der Waals surface area contributed by atoms with Crippen LogP contribution >= 0.6 is 0 Å². The molecule has 1 aliphatic heterocycles. The molecule has 0 bridgehead atoms. The van der Waals surface area contributed by atoms with Gasteiger partial charge in [-0.15, -0.1) is 0 Å². The first-order chi connectivity index (χ1) is 18.3. The van der Waals surface area contributed by atoms with Crippen LogP contribution in [0.4, 0.5) is 26.1 Å². The smallest absolute Gasteiger partial charge is 0.229 e. The number of pyridine rings is 1. The second kappa shape index (κ2) is 9.59. The summed E-state index contributed by atoms with van der Waals surface area (Å²) in [5.41, 5.74) is 7.60. The minimum atomic E-state index is -1.18. The summed E-state index contributed by atoms with van der Waals surface area (Å²) in [7, 11) is 0. The maximum absolute atomic E-state index is 15.3. The van der Waals surface area contributed by atoms with E-state index in [9.17, 15) is 5.11 Å². The van der Waals surface area contributed by atoms with Crippen LogP contribution in [0.1, 0.15) is 44.6 Å². The fraction of sp³-hybridized carbons (Fsp3) is 0.393. The number of aromatic nitrogens is 4. The van der Waals surface area contributed by atoms with Crippen LogP contribution in [-0.2, 0) is 5.60 Å². The maximum Gasteiger partial charge on any atom is 0.229 e. The first-order valence-electron chi connectivity index (χ1n) is 13.1. The predicted molar refractivity (Wildman–Crippen MR) is 142 cm³/mol. The van der Waals surface area contributed by atoms with E-state index >= 15 is 8.78 Å². The zero-order valence-corrected chi connectivity index (χ0v) is 21.2. The highest BCUT2D eigenvalue weighted by Crippen LogP contribution is 2.40. The van der Waals surface area contributed by atoms with Crippen molar-refractivity contribution in [3.05, 3.63) is 66.1 Å². The zero-order valence-electron chi connectivity index (χ0n) is 21.2. The van der Waals surface area contributed by atoms with Gasteiger partial charge in [-0.25, -0.2) is 13.8 Å². The average molecular weight is 520 g/mol. The highest BCUT2D eigenvalue weighted by molar-refractivity contribution is 5.74. The average Bonchev–Trinajstić information content (AvgIpc) is 3.50. The van der Waals surface area contributed by atoms with Crippen molar-refractivity contribution in [2.24, 2.45) is 11.7 Å². The predicted octanol–water partition coefficient (Wildman–Crippen LogP) is 4.75. The van der Waals surface area contributed by atoms with Crippen LogP contribution in [0.3, 0.4) is 0 Å². The number of piperidine rings is 1. The van der Waals surface area contributed by atoms with Crippen molar-refractivity contribution in [3.63, 3.8) is 0 Å². The number of nitrogens with one attached hydrogen (secondary N) is 1. The molecular formula is C28H31F2N7O. The SMILES string of the molecule is C[C@@H]1C[C@H](N)CN(c2ccncc2Nc2ncc3ccc(-c4c(F)cc(C5(O)CCCC5)cc4F)nn23)C1. The summed E-state index contributed by atoms with van der Waals surface area (Å²) in [5, 5.41) is 18.7. The third-order valence-corrected chi connectivity index (χ3v) is 7.73. The molecule has 4 heterocycles. The number of nitrogens with zero attached hydrogens (tertiary/aromatic N) is 5. The van der Waals surface area contributed by atoms with Gasteiger partial charge in [-0.2, -0.15) is 9.61 Å². The first kappa shape index (κ1) is 24.7. The van der Waals surface area contributed by atoms with Gasteiger partial charge in [0.15, 0.2) is 0 Å². The molecule has 0 radical (unpaired) electrons. The summed E-state index contributed by atoms with van der Waals surface area (Å²) in [6, 6.07) is 7.77. The fourth-order valence-corrected chi connectivity index (χ4v) is 5.91. The van der Waals surface area contributed by atoms with Crippen LogP contribution < -0.4 is 16.0 Å². The van der Waals surface area contributed by atoms with Crippen molar-refractivity contribution in [2.75, 3.05) is 23.3 Å². The Bertz CT molecular complexity index is 1450. The third-order valence-electron chi connectivity index (χ3n) is 7.73. The summed E-state index contributed by atoms with van der Waals surface area (Å²) in [4.78, 5) is 11.0. The van der Waals surface area contributed by atoms with Crippen molar-refractivity contribution in [1.29, 1.82) is 0 Å². The van der Waals surface area contributed by atoms with Crippen molar-refractivity contribution in [1.82, 2.24) is 19.6 Å². The van der Waals surface area contributed by atoms with E-state index in [-0.39, 0.29) is 22.9 Å². The van der Waals surface area contributed by atoms with Crippen LogP contribution in [-0.4, -0.2) is 43.8 Å². The minimum absolute atomic E-state index is 0.0850. The summed E-state index contributed by atoms with van der Waals surface area (Å²) in [5.74, 6) is -0.663. The van der Waals surface area contributed by atoms with Crippen LogP contribution in [0.25, 0.3) is 16.8 Å². The number of hydrogen-bond donors (Lipinski definition) is 3. The lowest BCUT2D eigenvalue weighted by Gasteiger charge is -2.37. The number of rotatable bonds is 5. The number of fused-ring (bicyclic) bond motifs is 1. The van der Waals surface area contributed by atoms with E-state index in [2.05, 4.69) is 32.2 Å². The molecule has 38 heavy (non-hydrogen) atoms. The first-order valence-corrected chi connectivity index (χ1v) is 13.1. The number of benzene rings is 1. The molecule has 1 aliphatic carbocycles. The van der Waals surface area contributed by atoms with Crippen LogP contribution in [0.2, 0.25) is 0 Å². The van der Waals surface area contributed by atoms with Gasteiger partial charge >= 0.3 is 0 Å². The number of hydrogen-bond acceptors (Lipinski definition) is 7. The number of imidazole rings is 1. The molecule has 4 N–H and O–H groups in total. The summed E-state index contributed by atoms with van der Waals surface area (Å²) in [6.45, 7) is 3.80. The Morgan fingerprint density at radius 3 is 2.58 bits per heavy atom. The third kappa shape index (κ3) is 4.48. The molecule has 6 rings (SSSR count). The molecule has 10 heteroatoms. The molecule has 2 aliphatic rings. The highest BCUT2D eigenvalue weighted by Gasteiger charge is 2.34. The van der Waals surface area contributed by atoms with Crippen molar-refractivity contribution in [3.8, 4) is 11.3 Å². The molecule has 2 atom stereocenters. The summed E-state index contributed by atoms with van der Waals surface area (Å²) < 4.78 is 32.0. The second-order valence-electron chi connectivity index (χ2n) is 10.7. The Balaban J connectivity index is 1.34. The Kier molecular flexibility index (Phi) is 6.23. The Hall–Kier alpha value is -3.63. The van der Waals surface area contributed by atoms with Gasteiger partial charge in [0.25, 0.3) is 0 Å². The number of halogens is 2. The van der Waals surface area contributed by atoms with Gasteiger partial charge in [0.2, 0.25) is 5.95 Å². The topological polar surface area (TPSA) is 105 Å². The van der Waals surface area contributed by atoms with E-state index in [0.717, 1.165) is 43.7 Å². The van der Waals surface area contributed by atoms with Crippen LogP contribution in [0.15, 0.2) is 48.9 Å². The molecule has 4 aromatic rings. The molecule has 8 nitrogen and oxygen atoms in total. The summed E-state index contributed by atoms with van der Waals surface area (Å²) in [6.07, 6.45) is 8.74. The molecule has 0 spiro atoms. The van der Waals surface area contributed by atoms with Gasteiger partial charge in [0.05, 0.1) is 46.1 Å². The Morgan fingerprint density at radius 1 is 1.08 bits per heavy atom. The quantitative estimate of drug-likeness (QED) is 0.350. The van der Waals surface area contributed by atoms with Gasteiger partial charge in [0.1, 0.15) is 11.6 Å². The van der Waals surface area contributed by atoms with Crippen LogP contribution in [0.5, 0.6) is 0 Å². The lowest BCUT2D eigenvalue weighted by atomic mass is 9.90. The Morgan fingerprint density at radius 2 is 1.84 bits per heavy atom. The molecule has 2 fully saturated rings. The highest BCUT2D eigenvalue weighted by atomic mass is 19.1. The molecule has 1 aromatic carbocycles. The Labute approximate surface area is 219 Å². The lowest BCUT2D eigenvalue weighted by molar-refractivity contribution is 0.0438. The number of aliphatic hydroxyl groups is 1. The van der Waals surface area contributed by atoms with Crippen molar-refractivity contribution in [2.45, 2.75) is 50.7 Å². The number of anilines is 3. The maximum atomic E-state index is 15.3. The molecular weight excluding hydrogens is 488 g/mol. The molecule has 0 amide bonds. The van der Waals surface area contributed by atoms with Crippen molar-refractivity contribution < 1.29 is 13.9 Å². The summed E-state index contributed by atoms with van der Waals surface area (Å²) >= 11 is 0. The van der Waals surface area contributed by atoms with Gasteiger partial charge in [0, 0.05) is 25.3 Å². The molecule has 1 saturated carbocycles. The largest absolute Gasteiger partial charge is 0.385 e. The van der Waals surface area contributed by atoms with E-state index in [1.54, 1.807) is 30.7 Å². The normalized spacial score (nSPS) is 21.2.